The van der Waals surface area contributed by atoms with Gasteiger partial charge < -0.3 is 9.57 Å². The summed E-state index contributed by atoms with van der Waals surface area (Å²) in [6.45, 7) is 4.13. The maximum absolute atomic E-state index is 12.8. The largest absolute Gasteiger partial charge is 0.457 e. The first kappa shape index (κ1) is 14.3. The van der Waals surface area contributed by atoms with Crippen molar-refractivity contribution in [2.75, 3.05) is 0 Å². The van der Waals surface area contributed by atoms with Gasteiger partial charge in [-0.2, -0.15) is 5.48 Å². The van der Waals surface area contributed by atoms with Gasteiger partial charge in [-0.05, 0) is 61.9 Å². The van der Waals surface area contributed by atoms with Crippen molar-refractivity contribution in [1.29, 1.82) is 0 Å². The number of hydrogen-bond acceptors (Lipinski definition) is 3. The van der Waals surface area contributed by atoms with Gasteiger partial charge in [0.2, 0.25) is 0 Å². The second kappa shape index (κ2) is 6.91. The summed E-state index contributed by atoms with van der Waals surface area (Å²) in [5.74, 6) is 1.71. The summed E-state index contributed by atoms with van der Waals surface area (Å²) in [7, 11) is 0. The van der Waals surface area contributed by atoms with E-state index in [1.54, 1.807) is 24.3 Å². The van der Waals surface area contributed by atoms with Crippen molar-refractivity contribution in [3.8, 4) is 17.2 Å². The van der Waals surface area contributed by atoms with Gasteiger partial charge in [-0.1, -0.05) is 6.92 Å². The lowest BCUT2D eigenvalue weighted by molar-refractivity contribution is 0.159. The quantitative estimate of drug-likeness (QED) is 0.797. The van der Waals surface area contributed by atoms with E-state index < -0.39 is 0 Å². The lowest BCUT2D eigenvalue weighted by Gasteiger charge is -2.12. The molecule has 2 rings (SSSR count). The summed E-state index contributed by atoms with van der Waals surface area (Å²) in [5, 5.41) is 0. The van der Waals surface area contributed by atoms with Gasteiger partial charge in [0.15, 0.2) is 0 Å². The molecule has 0 aliphatic carbocycles. The monoisotopic (exact) mass is 275 g/mol. The van der Waals surface area contributed by atoms with E-state index in [4.69, 9.17) is 9.57 Å². The zero-order valence-electron chi connectivity index (χ0n) is 11.6. The highest BCUT2D eigenvalue weighted by Gasteiger charge is 2.01. The Balaban J connectivity index is 1.92. The summed E-state index contributed by atoms with van der Waals surface area (Å²) < 4.78 is 18.4. The molecule has 0 aliphatic heterocycles. The fourth-order valence-corrected chi connectivity index (χ4v) is 1.47. The normalized spacial score (nSPS) is 11.9. The van der Waals surface area contributed by atoms with E-state index >= 15 is 0 Å². The minimum atomic E-state index is -0.280. The topological polar surface area (TPSA) is 30.5 Å². The van der Waals surface area contributed by atoms with Crippen LogP contribution in [0.2, 0.25) is 0 Å². The van der Waals surface area contributed by atoms with E-state index in [-0.39, 0.29) is 5.82 Å². The Kier molecular flexibility index (Phi) is 4.96. The first-order valence-electron chi connectivity index (χ1n) is 6.63. The van der Waals surface area contributed by atoms with E-state index in [1.165, 1.54) is 12.1 Å². The third kappa shape index (κ3) is 4.24. The standard InChI is InChI=1S/C16H18FNO2/c1-3-12(2)18-20-16-10-8-15(9-11-16)19-14-6-4-13(17)5-7-14/h4-12,18H,3H2,1-2H3. The van der Waals surface area contributed by atoms with Crippen molar-refractivity contribution in [2.45, 2.75) is 26.3 Å². The molecular weight excluding hydrogens is 257 g/mol. The van der Waals surface area contributed by atoms with Crippen LogP contribution in [0.4, 0.5) is 4.39 Å². The number of nitrogens with one attached hydrogen (secondary N) is 1. The molecule has 106 valence electrons. The van der Waals surface area contributed by atoms with Crippen molar-refractivity contribution in [1.82, 2.24) is 5.48 Å². The molecule has 0 bridgehead atoms. The van der Waals surface area contributed by atoms with Crippen LogP contribution in [-0.4, -0.2) is 6.04 Å². The van der Waals surface area contributed by atoms with Gasteiger partial charge in [-0.15, -0.1) is 0 Å². The third-order valence-electron chi connectivity index (χ3n) is 2.86. The molecule has 4 heteroatoms. The van der Waals surface area contributed by atoms with Crippen LogP contribution in [0, 0.1) is 5.82 Å². The molecular formula is C16H18FNO2. The Labute approximate surface area is 118 Å². The summed E-state index contributed by atoms with van der Waals surface area (Å²) in [6, 6.07) is 13.4. The number of hydrogen-bond donors (Lipinski definition) is 1. The zero-order chi connectivity index (χ0) is 14.4. The minimum Gasteiger partial charge on any atom is -0.457 e. The molecule has 0 spiro atoms. The molecule has 0 heterocycles. The number of rotatable bonds is 6. The molecule has 0 amide bonds. The van der Waals surface area contributed by atoms with Gasteiger partial charge in [-0.25, -0.2) is 4.39 Å². The van der Waals surface area contributed by atoms with Crippen LogP contribution in [-0.2, 0) is 0 Å². The molecule has 0 aromatic heterocycles. The van der Waals surface area contributed by atoms with Crippen molar-refractivity contribution in [3.63, 3.8) is 0 Å². The molecule has 0 saturated carbocycles. The molecule has 2 aromatic carbocycles. The second-order valence-corrected chi connectivity index (χ2v) is 4.56. The van der Waals surface area contributed by atoms with Crippen LogP contribution in [0.15, 0.2) is 48.5 Å². The summed E-state index contributed by atoms with van der Waals surface area (Å²) in [6.07, 6.45) is 0.992. The van der Waals surface area contributed by atoms with Crippen molar-refractivity contribution in [2.24, 2.45) is 0 Å². The average molecular weight is 275 g/mol. The first-order chi connectivity index (χ1) is 9.67. The van der Waals surface area contributed by atoms with E-state index in [2.05, 4.69) is 12.4 Å². The third-order valence-corrected chi connectivity index (χ3v) is 2.86. The fraction of sp³-hybridized carbons (Fsp3) is 0.250. The van der Waals surface area contributed by atoms with Crippen LogP contribution in [0.1, 0.15) is 20.3 Å². The molecule has 1 N–H and O–H groups in total. The van der Waals surface area contributed by atoms with Crippen LogP contribution in [0.3, 0.4) is 0 Å². The number of ether oxygens (including phenoxy) is 1. The molecule has 0 fully saturated rings. The van der Waals surface area contributed by atoms with Gasteiger partial charge in [0.05, 0.1) is 0 Å². The molecule has 1 unspecified atom stereocenters. The summed E-state index contributed by atoms with van der Waals surface area (Å²) >= 11 is 0. The van der Waals surface area contributed by atoms with E-state index in [0.29, 0.717) is 17.5 Å². The van der Waals surface area contributed by atoms with Gasteiger partial charge in [0, 0.05) is 6.04 Å². The van der Waals surface area contributed by atoms with Crippen molar-refractivity contribution >= 4 is 0 Å². The first-order valence-corrected chi connectivity index (χ1v) is 6.63. The second-order valence-electron chi connectivity index (χ2n) is 4.56. The van der Waals surface area contributed by atoms with E-state index in [9.17, 15) is 4.39 Å². The van der Waals surface area contributed by atoms with Crippen LogP contribution in [0.25, 0.3) is 0 Å². The Bertz CT molecular complexity index is 525. The Morgan fingerprint density at radius 2 is 1.45 bits per heavy atom. The summed E-state index contributed by atoms with van der Waals surface area (Å²) in [5.41, 5.74) is 2.94. The van der Waals surface area contributed by atoms with Crippen molar-refractivity contribution < 1.29 is 14.0 Å². The smallest absolute Gasteiger partial charge is 0.147 e. The highest BCUT2D eigenvalue weighted by atomic mass is 19.1. The lowest BCUT2D eigenvalue weighted by Crippen LogP contribution is -2.28. The zero-order valence-corrected chi connectivity index (χ0v) is 11.6. The molecule has 3 nitrogen and oxygen atoms in total. The lowest BCUT2D eigenvalue weighted by atomic mass is 10.3. The molecule has 1 atom stereocenters. The molecule has 0 saturated heterocycles. The Hall–Kier alpha value is -2.07. The van der Waals surface area contributed by atoms with Gasteiger partial charge in [-0.3, -0.25) is 0 Å². The average Bonchev–Trinajstić information content (AvgIpc) is 2.48. The minimum absolute atomic E-state index is 0.280. The highest BCUT2D eigenvalue weighted by Crippen LogP contribution is 2.23. The molecule has 20 heavy (non-hydrogen) atoms. The number of halogens is 1. The summed E-state index contributed by atoms with van der Waals surface area (Å²) in [4.78, 5) is 5.42. The Morgan fingerprint density at radius 3 is 2.00 bits per heavy atom. The van der Waals surface area contributed by atoms with E-state index in [0.717, 1.165) is 12.2 Å². The van der Waals surface area contributed by atoms with Gasteiger partial charge >= 0.3 is 0 Å². The maximum atomic E-state index is 12.8. The van der Waals surface area contributed by atoms with Crippen molar-refractivity contribution in [3.05, 3.63) is 54.3 Å². The van der Waals surface area contributed by atoms with Gasteiger partial charge in [0.25, 0.3) is 0 Å². The molecule has 0 radical (unpaired) electrons. The van der Waals surface area contributed by atoms with Gasteiger partial charge in [0.1, 0.15) is 23.1 Å². The molecule has 2 aromatic rings. The molecule has 0 aliphatic rings. The SMILES string of the molecule is CCC(C)NOc1ccc(Oc2ccc(F)cc2)cc1. The van der Waals surface area contributed by atoms with E-state index in [1.807, 2.05) is 19.1 Å². The van der Waals surface area contributed by atoms with Crippen LogP contribution in [0.5, 0.6) is 17.2 Å². The van der Waals surface area contributed by atoms with Crippen LogP contribution < -0.4 is 15.1 Å². The Morgan fingerprint density at radius 1 is 0.950 bits per heavy atom. The fourth-order valence-electron chi connectivity index (χ4n) is 1.47. The predicted molar refractivity (Wildman–Crippen MR) is 76.4 cm³/mol. The number of hydroxylamine groups is 1. The highest BCUT2D eigenvalue weighted by molar-refractivity contribution is 5.35. The maximum Gasteiger partial charge on any atom is 0.147 e. The van der Waals surface area contributed by atoms with Crippen LogP contribution >= 0.6 is 0 Å². The number of benzene rings is 2. The predicted octanol–water partition coefficient (Wildman–Crippen LogP) is 4.30.